The van der Waals surface area contributed by atoms with E-state index in [-0.39, 0.29) is 11.4 Å². The average molecular weight is 401 g/mol. The van der Waals surface area contributed by atoms with Gasteiger partial charge in [0, 0.05) is 23.5 Å². The smallest absolute Gasteiger partial charge is 0.308 e. The first kappa shape index (κ1) is 19.9. The number of alkyl halides is 3. The Labute approximate surface area is 163 Å². The van der Waals surface area contributed by atoms with E-state index in [1.54, 1.807) is 36.4 Å². The Balaban J connectivity index is 1.65. The van der Waals surface area contributed by atoms with E-state index in [0.29, 0.717) is 5.69 Å². The van der Waals surface area contributed by atoms with Gasteiger partial charge in [-0.1, -0.05) is 18.2 Å². The molecule has 0 bridgehead atoms. The van der Waals surface area contributed by atoms with Crippen LogP contribution in [-0.4, -0.2) is 11.0 Å². The zero-order chi connectivity index (χ0) is 21.0. The molecule has 29 heavy (non-hydrogen) atoms. The summed E-state index contributed by atoms with van der Waals surface area (Å²) in [4.78, 5) is 22.2. The fourth-order valence-electron chi connectivity index (χ4n) is 2.59. The van der Waals surface area contributed by atoms with Crippen molar-refractivity contribution in [2.75, 3.05) is 10.6 Å². The van der Waals surface area contributed by atoms with Gasteiger partial charge < -0.3 is 10.6 Å². The third-order valence-corrected chi connectivity index (χ3v) is 4.00. The minimum atomic E-state index is -4.50. The third kappa shape index (κ3) is 5.10. The molecule has 2 N–H and O–H groups in total. The lowest BCUT2D eigenvalue weighted by Gasteiger charge is -2.11. The number of benzene rings is 3. The number of nitrogens with one attached hydrogen (secondary N) is 2. The van der Waals surface area contributed by atoms with E-state index in [2.05, 4.69) is 10.6 Å². The van der Waals surface area contributed by atoms with Crippen molar-refractivity contribution in [3.05, 3.63) is 88.5 Å². The van der Waals surface area contributed by atoms with Crippen molar-refractivity contribution in [3.63, 3.8) is 0 Å². The first-order valence-corrected chi connectivity index (χ1v) is 8.32. The van der Waals surface area contributed by atoms with Gasteiger partial charge in [0.15, 0.2) is 0 Å². The summed E-state index contributed by atoms with van der Waals surface area (Å²) in [7, 11) is 0. The number of non-ortho nitro benzene ring substituents is 1. The van der Waals surface area contributed by atoms with Crippen LogP contribution in [0, 0.1) is 10.1 Å². The largest absolute Gasteiger partial charge is 0.416 e. The highest BCUT2D eigenvalue weighted by molar-refractivity contribution is 5.99. The zero-order valence-electron chi connectivity index (χ0n) is 14.7. The Bertz CT molecular complexity index is 1030. The fraction of sp³-hybridized carbons (Fsp3) is 0.0500. The van der Waals surface area contributed by atoms with Crippen LogP contribution >= 0.6 is 0 Å². The Kier molecular flexibility index (Phi) is 5.49. The van der Waals surface area contributed by atoms with Crippen LogP contribution in [0.15, 0.2) is 72.8 Å². The maximum absolute atomic E-state index is 12.7. The summed E-state index contributed by atoms with van der Waals surface area (Å²) in [5.74, 6) is 0. The molecule has 3 aromatic carbocycles. The van der Waals surface area contributed by atoms with Gasteiger partial charge in [0.25, 0.3) is 5.69 Å². The number of nitrogens with zero attached hydrogens (tertiary/aromatic N) is 1. The maximum Gasteiger partial charge on any atom is 0.416 e. The molecule has 0 atom stereocenters. The van der Waals surface area contributed by atoms with Gasteiger partial charge in [0.2, 0.25) is 0 Å². The van der Waals surface area contributed by atoms with E-state index >= 15 is 0 Å². The summed E-state index contributed by atoms with van der Waals surface area (Å²) < 4.78 is 38.2. The predicted molar refractivity (Wildman–Crippen MR) is 103 cm³/mol. The number of hydrogen-bond donors (Lipinski definition) is 2. The minimum absolute atomic E-state index is 0.0137. The van der Waals surface area contributed by atoms with E-state index < -0.39 is 22.7 Å². The van der Waals surface area contributed by atoms with Crippen LogP contribution in [0.4, 0.5) is 35.0 Å². The molecule has 0 aliphatic carbocycles. The number of nitro benzene ring substituents is 1. The second kappa shape index (κ2) is 8.01. The topological polar surface area (TPSA) is 84.3 Å². The third-order valence-electron chi connectivity index (χ3n) is 4.00. The quantitative estimate of drug-likeness (QED) is 0.420. The molecule has 0 saturated heterocycles. The van der Waals surface area contributed by atoms with Crippen LogP contribution in [0.1, 0.15) is 5.56 Å². The molecule has 0 saturated carbocycles. The highest BCUT2D eigenvalue weighted by Crippen LogP contribution is 2.30. The lowest BCUT2D eigenvalue weighted by molar-refractivity contribution is -0.384. The molecule has 0 aliphatic heterocycles. The van der Waals surface area contributed by atoms with Crippen LogP contribution in [0.2, 0.25) is 0 Å². The maximum atomic E-state index is 12.7. The normalized spacial score (nSPS) is 11.0. The number of halogens is 3. The van der Waals surface area contributed by atoms with Crippen molar-refractivity contribution in [1.29, 1.82) is 0 Å². The molecule has 0 radical (unpaired) electrons. The molecule has 6 nitrogen and oxygen atoms in total. The first-order chi connectivity index (χ1) is 13.7. The molecule has 0 aromatic heterocycles. The SMILES string of the molecule is O=C(Nc1ccc(-c2ccc([N+](=O)[O-])cc2)cc1)Nc1cccc(C(F)(F)F)c1. The van der Waals surface area contributed by atoms with Crippen molar-refractivity contribution >= 4 is 23.1 Å². The molecule has 0 unspecified atom stereocenters. The molecule has 3 aromatic rings. The predicted octanol–water partition coefficient (Wildman–Crippen LogP) is 5.92. The molecule has 0 fully saturated rings. The van der Waals surface area contributed by atoms with Crippen LogP contribution in [0.5, 0.6) is 0 Å². The minimum Gasteiger partial charge on any atom is -0.308 e. The monoisotopic (exact) mass is 401 g/mol. The highest BCUT2D eigenvalue weighted by Gasteiger charge is 2.30. The van der Waals surface area contributed by atoms with Crippen LogP contribution < -0.4 is 10.6 Å². The zero-order valence-corrected chi connectivity index (χ0v) is 14.7. The second-order valence-electron chi connectivity index (χ2n) is 6.04. The summed E-state index contributed by atoms with van der Waals surface area (Å²) in [5, 5.41) is 15.6. The van der Waals surface area contributed by atoms with Crippen LogP contribution in [0.25, 0.3) is 11.1 Å². The molecular formula is C20H14F3N3O3. The Morgan fingerprint density at radius 3 is 1.93 bits per heavy atom. The number of carbonyl (C=O) groups is 1. The van der Waals surface area contributed by atoms with E-state index in [4.69, 9.17) is 0 Å². The van der Waals surface area contributed by atoms with Crippen molar-refractivity contribution in [3.8, 4) is 11.1 Å². The Morgan fingerprint density at radius 1 is 0.828 bits per heavy atom. The summed E-state index contributed by atoms with van der Waals surface area (Å²) >= 11 is 0. The van der Waals surface area contributed by atoms with Gasteiger partial charge >= 0.3 is 12.2 Å². The Hall–Kier alpha value is -3.88. The summed E-state index contributed by atoms with van der Waals surface area (Å²) in [6.45, 7) is 0. The number of carbonyl (C=O) groups excluding carboxylic acids is 1. The van der Waals surface area contributed by atoms with Gasteiger partial charge in [-0.2, -0.15) is 13.2 Å². The number of amides is 2. The van der Waals surface area contributed by atoms with E-state index in [1.165, 1.54) is 24.3 Å². The number of anilines is 2. The molecule has 148 valence electrons. The van der Waals surface area contributed by atoms with Crippen molar-refractivity contribution in [2.24, 2.45) is 0 Å². The number of urea groups is 1. The lowest BCUT2D eigenvalue weighted by atomic mass is 10.1. The molecule has 9 heteroatoms. The van der Waals surface area contributed by atoms with Gasteiger partial charge in [-0.15, -0.1) is 0 Å². The van der Waals surface area contributed by atoms with E-state index in [9.17, 15) is 28.1 Å². The average Bonchev–Trinajstić information content (AvgIpc) is 2.68. The van der Waals surface area contributed by atoms with Gasteiger partial charge in [-0.3, -0.25) is 10.1 Å². The number of rotatable bonds is 4. The molecule has 0 spiro atoms. The van der Waals surface area contributed by atoms with Crippen molar-refractivity contribution in [2.45, 2.75) is 6.18 Å². The van der Waals surface area contributed by atoms with E-state index in [0.717, 1.165) is 23.3 Å². The summed E-state index contributed by atoms with van der Waals surface area (Å²) in [6.07, 6.45) is -4.50. The molecule has 2 amide bonds. The molecule has 0 aliphatic rings. The summed E-state index contributed by atoms with van der Waals surface area (Å²) in [5.41, 5.74) is 1.11. The summed E-state index contributed by atoms with van der Waals surface area (Å²) in [6, 6.07) is 16.3. The number of nitro groups is 1. The van der Waals surface area contributed by atoms with E-state index in [1.807, 2.05) is 0 Å². The van der Waals surface area contributed by atoms with Crippen molar-refractivity contribution < 1.29 is 22.9 Å². The van der Waals surface area contributed by atoms with Gasteiger partial charge in [0.05, 0.1) is 10.5 Å². The molecule has 3 rings (SSSR count). The number of hydrogen-bond acceptors (Lipinski definition) is 3. The van der Waals surface area contributed by atoms with Crippen molar-refractivity contribution in [1.82, 2.24) is 0 Å². The molecular weight excluding hydrogens is 387 g/mol. The first-order valence-electron chi connectivity index (χ1n) is 8.32. The Morgan fingerprint density at radius 2 is 1.38 bits per heavy atom. The van der Waals surface area contributed by atoms with Gasteiger partial charge in [0.1, 0.15) is 0 Å². The fourth-order valence-corrected chi connectivity index (χ4v) is 2.59. The van der Waals surface area contributed by atoms with Gasteiger partial charge in [-0.25, -0.2) is 4.79 Å². The second-order valence-corrected chi connectivity index (χ2v) is 6.04. The molecule has 0 heterocycles. The standard InChI is InChI=1S/C20H14F3N3O3/c21-20(22,23)15-2-1-3-17(12-15)25-19(27)24-16-8-4-13(5-9-16)14-6-10-18(11-7-14)26(28)29/h1-12H,(H2,24,25,27). The lowest BCUT2D eigenvalue weighted by Crippen LogP contribution is -2.19. The van der Waals surface area contributed by atoms with Crippen LogP contribution in [-0.2, 0) is 6.18 Å². The van der Waals surface area contributed by atoms with Crippen LogP contribution in [0.3, 0.4) is 0 Å². The van der Waals surface area contributed by atoms with Gasteiger partial charge in [-0.05, 0) is 53.6 Å². The highest BCUT2D eigenvalue weighted by atomic mass is 19.4.